The van der Waals surface area contributed by atoms with Crippen LogP contribution >= 0.6 is 0 Å². The van der Waals surface area contributed by atoms with Gasteiger partial charge in [0, 0.05) is 12.5 Å². The third-order valence-corrected chi connectivity index (χ3v) is 3.20. The fraction of sp³-hybridized carbons (Fsp3) is 0.267. The second-order valence-corrected chi connectivity index (χ2v) is 4.85. The minimum atomic E-state index is -0.579. The molecule has 0 spiro atoms. The van der Waals surface area contributed by atoms with E-state index in [0.29, 0.717) is 12.2 Å². The normalized spacial score (nSPS) is 13.4. The molecule has 0 aliphatic rings. The first-order valence-electron chi connectivity index (χ1n) is 6.65. The molecule has 0 amide bonds. The van der Waals surface area contributed by atoms with Crippen LogP contribution in [0.15, 0.2) is 48.7 Å². The standard InChI is InChI=1S/C15H17N3O3/c1-11(14(19)9-12-5-3-2-4-6-12)17-15-8-7-13(10-16-15)18(20)21/h2-8,10-11,14,19H,9H2,1H3,(H,16,17)/t11-,14-/m1/s1. The number of nitrogens with zero attached hydrogens (tertiary/aromatic N) is 2. The molecular formula is C15H17N3O3. The summed E-state index contributed by atoms with van der Waals surface area (Å²) < 4.78 is 0. The third-order valence-electron chi connectivity index (χ3n) is 3.20. The maximum atomic E-state index is 10.6. The second kappa shape index (κ2) is 6.81. The number of nitrogens with one attached hydrogen (secondary N) is 1. The summed E-state index contributed by atoms with van der Waals surface area (Å²) in [6, 6.07) is 12.4. The quantitative estimate of drug-likeness (QED) is 0.629. The molecule has 2 rings (SSSR count). The lowest BCUT2D eigenvalue weighted by molar-refractivity contribution is -0.385. The molecule has 2 atom stereocenters. The predicted octanol–water partition coefficient (Wildman–Crippen LogP) is 2.39. The van der Waals surface area contributed by atoms with Crippen LogP contribution in [0, 0.1) is 10.1 Å². The highest BCUT2D eigenvalue weighted by Gasteiger charge is 2.15. The van der Waals surface area contributed by atoms with Crippen LogP contribution in [0.4, 0.5) is 11.5 Å². The Hall–Kier alpha value is -2.47. The average molecular weight is 287 g/mol. The number of pyridine rings is 1. The van der Waals surface area contributed by atoms with E-state index < -0.39 is 11.0 Å². The van der Waals surface area contributed by atoms with Crippen molar-refractivity contribution in [1.82, 2.24) is 4.98 Å². The van der Waals surface area contributed by atoms with E-state index >= 15 is 0 Å². The molecule has 1 aromatic heterocycles. The number of aliphatic hydroxyl groups is 1. The van der Waals surface area contributed by atoms with Gasteiger partial charge in [0.15, 0.2) is 0 Å². The van der Waals surface area contributed by atoms with Gasteiger partial charge in [-0.25, -0.2) is 4.98 Å². The predicted molar refractivity (Wildman–Crippen MR) is 80.1 cm³/mol. The van der Waals surface area contributed by atoms with Gasteiger partial charge in [-0.2, -0.15) is 0 Å². The number of nitro groups is 1. The highest BCUT2D eigenvalue weighted by Crippen LogP contribution is 2.14. The van der Waals surface area contributed by atoms with Crippen molar-refractivity contribution in [2.75, 3.05) is 5.32 Å². The van der Waals surface area contributed by atoms with E-state index in [0.717, 1.165) is 5.56 Å². The molecule has 1 aromatic carbocycles. The topological polar surface area (TPSA) is 88.3 Å². The van der Waals surface area contributed by atoms with Crippen molar-refractivity contribution in [3.05, 3.63) is 64.3 Å². The Kier molecular flexibility index (Phi) is 4.84. The number of rotatable bonds is 6. The number of anilines is 1. The van der Waals surface area contributed by atoms with E-state index in [9.17, 15) is 15.2 Å². The van der Waals surface area contributed by atoms with Crippen molar-refractivity contribution in [3.8, 4) is 0 Å². The molecule has 0 saturated carbocycles. The molecule has 0 aliphatic carbocycles. The Morgan fingerprint density at radius 2 is 2.00 bits per heavy atom. The molecule has 110 valence electrons. The first-order chi connectivity index (χ1) is 10.1. The molecule has 6 nitrogen and oxygen atoms in total. The zero-order valence-corrected chi connectivity index (χ0v) is 11.6. The largest absolute Gasteiger partial charge is 0.391 e. The fourth-order valence-electron chi connectivity index (χ4n) is 1.94. The molecule has 0 saturated heterocycles. The average Bonchev–Trinajstić information content (AvgIpc) is 2.48. The van der Waals surface area contributed by atoms with E-state index in [4.69, 9.17) is 0 Å². The number of aliphatic hydroxyl groups excluding tert-OH is 1. The molecule has 21 heavy (non-hydrogen) atoms. The summed E-state index contributed by atoms with van der Waals surface area (Å²) >= 11 is 0. The summed E-state index contributed by atoms with van der Waals surface area (Å²) in [5, 5.41) is 23.8. The number of hydrogen-bond donors (Lipinski definition) is 2. The Morgan fingerprint density at radius 1 is 1.29 bits per heavy atom. The van der Waals surface area contributed by atoms with Crippen LogP contribution in [-0.4, -0.2) is 27.2 Å². The van der Waals surface area contributed by atoms with Gasteiger partial charge in [0.2, 0.25) is 0 Å². The minimum Gasteiger partial charge on any atom is -0.391 e. The molecule has 0 unspecified atom stereocenters. The Bertz CT molecular complexity index is 587. The van der Waals surface area contributed by atoms with E-state index in [1.165, 1.54) is 18.3 Å². The van der Waals surface area contributed by atoms with Gasteiger partial charge in [-0.1, -0.05) is 30.3 Å². The Balaban J connectivity index is 1.94. The van der Waals surface area contributed by atoms with Crippen molar-refractivity contribution in [1.29, 1.82) is 0 Å². The summed E-state index contributed by atoms with van der Waals surface area (Å²) in [6.45, 7) is 1.84. The van der Waals surface area contributed by atoms with Gasteiger partial charge in [-0.15, -0.1) is 0 Å². The molecule has 0 aliphatic heterocycles. The Morgan fingerprint density at radius 3 is 2.57 bits per heavy atom. The SMILES string of the molecule is C[C@@H](Nc1ccc([N+](=O)[O-])cn1)[C@H](O)Cc1ccccc1. The van der Waals surface area contributed by atoms with Crippen LogP contribution in [-0.2, 0) is 6.42 Å². The molecular weight excluding hydrogens is 270 g/mol. The maximum Gasteiger partial charge on any atom is 0.287 e. The van der Waals surface area contributed by atoms with Crippen molar-refractivity contribution in [2.45, 2.75) is 25.5 Å². The summed E-state index contributed by atoms with van der Waals surface area (Å²) in [5.41, 5.74) is 0.994. The highest BCUT2D eigenvalue weighted by atomic mass is 16.6. The van der Waals surface area contributed by atoms with Crippen molar-refractivity contribution in [2.24, 2.45) is 0 Å². The van der Waals surface area contributed by atoms with Crippen LogP contribution in [0.3, 0.4) is 0 Å². The van der Waals surface area contributed by atoms with Gasteiger partial charge >= 0.3 is 0 Å². The van der Waals surface area contributed by atoms with Crippen molar-refractivity contribution in [3.63, 3.8) is 0 Å². The molecule has 0 radical (unpaired) electrons. The summed E-state index contributed by atoms with van der Waals surface area (Å²) in [6.07, 6.45) is 1.14. The van der Waals surface area contributed by atoms with E-state index in [1.54, 1.807) is 0 Å². The van der Waals surface area contributed by atoms with E-state index in [-0.39, 0.29) is 11.7 Å². The number of aromatic nitrogens is 1. The summed E-state index contributed by atoms with van der Waals surface area (Å²) in [4.78, 5) is 14.0. The summed E-state index contributed by atoms with van der Waals surface area (Å²) in [7, 11) is 0. The zero-order valence-electron chi connectivity index (χ0n) is 11.6. The second-order valence-electron chi connectivity index (χ2n) is 4.85. The van der Waals surface area contributed by atoms with Crippen LogP contribution in [0.5, 0.6) is 0 Å². The monoisotopic (exact) mass is 287 g/mol. The first kappa shape index (κ1) is 14.9. The van der Waals surface area contributed by atoms with Crippen LogP contribution in [0.25, 0.3) is 0 Å². The first-order valence-corrected chi connectivity index (χ1v) is 6.65. The molecule has 6 heteroatoms. The fourth-order valence-corrected chi connectivity index (χ4v) is 1.94. The van der Waals surface area contributed by atoms with Crippen molar-refractivity contribution < 1.29 is 10.0 Å². The molecule has 0 fully saturated rings. The van der Waals surface area contributed by atoms with Gasteiger partial charge in [0.05, 0.1) is 17.1 Å². The van der Waals surface area contributed by atoms with Crippen LogP contribution in [0.2, 0.25) is 0 Å². The maximum absolute atomic E-state index is 10.6. The van der Waals surface area contributed by atoms with Crippen molar-refractivity contribution >= 4 is 11.5 Å². The lowest BCUT2D eigenvalue weighted by Gasteiger charge is -2.20. The lowest BCUT2D eigenvalue weighted by atomic mass is 10.0. The van der Waals surface area contributed by atoms with Gasteiger partial charge in [-0.3, -0.25) is 10.1 Å². The van der Waals surface area contributed by atoms with E-state index in [2.05, 4.69) is 10.3 Å². The van der Waals surface area contributed by atoms with Gasteiger partial charge in [0.1, 0.15) is 12.0 Å². The molecule has 0 bridgehead atoms. The van der Waals surface area contributed by atoms with Gasteiger partial charge < -0.3 is 10.4 Å². The van der Waals surface area contributed by atoms with Gasteiger partial charge in [-0.05, 0) is 18.6 Å². The summed E-state index contributed by atoms with van der Waals surface area (Å²) in [5.74, 6) is 0.500. The number of benzene rings is 1. The molecule has 1 heterocycles. The van der Waals surface area contributed by atoms with Crippen LogP contribution < -0.4 is 5.32 Å². The van der Waals surface area contributed by atoms with Gasteiger partial charge in [0.25, 0.3) is 5.69 Å². The molecule has 2 N–H and O–H groups in total. The molecule has 2 aromatic rings. The third kappa shape index (κ3) is 4.25. The van der Waals surface area contributed by atoms with Crippen LogP contribution in [0.1, 0.15) is 12.5 Å². The minimum absolute atomic E-state index is 0.0574. The number of hydrogen-bond acceptors (Lipinski definition) is 5. The lowest BCUT2D eigenvalue weighted by Crippen LogP contribution is -2.32. The highest BCUT2D eigenvalue weighted by molar-refractivity contribution is 5.41. The smallest absolute Gasteiger partial charge is 0.287 e. The van der Waals surface area contributed by atoms with E-state index in [1.807, 2.05) is 37.3 Å². The zero-order chi connectivity index (χ0) is 15.2. The Labute approximate surface area is 122 Å².